The number of para-hydroxylation sites is 1. The molecule has 0 amide bonds. The highest BCUT2D eigenvalue weighted by Crippen LogP contribution is 2.35. The molecule has 5 heteroatoms. The molecule has 88 valence electrons. The van der Waals surface area contributed by atoms with Crippen molar-refractivity contribution in [3.8, 4) is 5.75 Å². The van der Waals surface area contributed by atoms with Crippen molar-refractivity contribution in [3.63, 3.8) is 0 Å². The van der Waals surface area contributed by atoms with E-state index in [1.807, 2.05) is 24.3 Å². The zero-order valence-corrected chi connectivity index (χ0v) is 9.33. The lowest BCUT2D eigenvalue weighted by atomic mass is 10.1. The maximum absolute atomic E-state index is 9.32. The Hall–Kier alpha value is -1.88. The van der Waals surface area contributed by atoms with E-state index in [0.717, 1.165) is 17.7 Å². The molecule has 1 aliphatic rings. The molecule has 0 saturated carbocycles. The van der Waals surface area contributed by atoms with Crippen LogP contribution in [0, 0.1) is 0 Å². The molecule has 1 aliphatic heterocycles. The molecule has 3 rings (SSSR count). The fourth-order valence-corrected chi connectivity index (χ4v) is 1.87. The number of ether oxygens (including phenoxy) is 1. The minimum atomic E-state index is -0.750. The van der Waals surface area contributed by atoms with Crippen LogP contribution < -0.4 is 4.74 Å². The molecule has 1 aromatic carbocycles. The first-order valence-electron chi connectivity index (χ1n) is 5.50. The molecule has 5 nitrogen and oxygen atoms in total. The summed E-state index contributed by atoms with van der Waals surface area (Å²) < 4.78 is 10.7. The quantitative estimate of drug-likeness (QED) is 0.855. The second-order valence-electron chi connectivity index (χ2n) is 4.09. The van der Waals surface area contributed by atoms with Crippen LogP contribution in [-0.2, 0) is 6.42 Å². The van der Waals surface area contributed by atoms with Crippen LogP contribution >= 0.6 is 0 Å². The van der Waals surface area contributed by atoms with Crippen molar-refractivity contribution < 1.29 is 14.4 Å². The van der Waals surface area contributed by atoms with E-state index < -0.39 is 6.10 Å². The summed E-state index contributed by atoms with van der Waals surface area (Å²) in [5, 5.41) is 13.1. The molecule has 0 aliphatic carbocycles. The second kappa shape index (κ2) is 3.85. The van der Waals surface area contributed by atoms with Crippen LogP contribution in [0.15, 0.2) is 28.8 Å². The maximum atomic E-state index is 9.32. The van der Waals surface area contributed by atoms with E-state index in [1.54, 1.807) is 6.92 Å². The summed E-state index contributed by atoms with van der Waals surface area (Å²) in [5.74, 6) is 1.57. The summed E-state index contributed by atoms with van der Waals surface area (Å²) >= 11 is 0. The molecular weight excluding hydrogens is 220 g/mol. The van der Waals surface area contributed by atoms with Crippen molar-refractivity contribution >= 4 is 0 Å². The summed E-state index contributed by atoms with van der Waals surface area (Å²) in [6.45, 7) is 1.58. The van der Waals surface area contributed by atoms with Gasteiger partial charge >= 0.3 is 0 Å². The van der Waals surface area contributed by atoms with Gasteiger partial charge in [0.1, 0.15) is 11.9 Å². The number of fused-ring (bicyclic) bond motifs is 1. The first-order valence-corrected chi connectivity index (χ1v) is 5.50. The SMILES string of the molecule is C[C@H](O)c1nc(C2Cc3ccccc3O2)no1. The summed E-state index contributed by atoms with van der Waals surface area (Å²) in [7, 11) is 0. The van der Waals surface area contributed by atoms with Gasteiger partial charge < -0.3 is 14.4 Å². The summed E-state index contributed by atoms with van der Waals surface area (Å²) in [6.07, 6.45) is -0.238. The van der Waals surface area contributed by atoms with Crippen molar-refractivity contribution in [2.24, 2.45) is 0 Å². The third kappa shape index (κ3) is 1.78. The van der Waals surface area contributed by atoms with Gasteiger partial charge in [0.25, 0.3) is 5.89 Å². The lowest BCUT2D eigenvalue weighted by Gasteiger charge is -2.04. The van der Waals surface area contributed by atoms with Crippen LogP contribution in [0.1, 0.15) is 36.4 Å². The van der Waals surface area contributed by atoms with Gasteiger partial charge in [0.15, 0.2) is 6.10 Å². The summed E-state index contributed by atoms with van der Waals surface area (Å²) in [4.78, 5) is 4.12. The third-order valence-electron chi connectivity index (χ3n) is 2.75. The van der Waals surface area contributed by atoms with E-state index in [4.69, 9.17) is 9.26 Å². The van der Waals surface area contributed by atoms with Crippen LogP contribution in [0.5, 0.6) is 5.75 Å². The third-order valence-corrected chi connectivity index (χ3v) is 2.75. The van der Waals surface area contributed by atoms with Gasteiger partial charge in [-0.1, -0.05) is 23.4 Å². The van der Waals surface area contributed by atoms with Gasteiger partial charge in [0.05, 0.1) is 0 Å². The lowest BCUT2D eigenvalue weighted by molar-refractivity contribution is 0.151. The Morgan fingerprint density at radius 1 is 1.41 bits per heavy atom. The maximum Gasteiger partial charge on any atom is 0.255 e. The predicted molar refractivity (Wildman–Crippen MR) is 58.4 cm³/mol. The van der Waals surface area contributed by atoms with Crippen LogP contribution in [0.4, 0.5) is 0 Å². The Bertz CT molecular complexity index is 511. The van der Waals surface area contributed by atoms with E-state index in [9.17, 15) is 5.11 Å². The largest absolute Gasteiger partial charge is 0.482 e. The molecule has 0 fully saturated rings. The molecule has 0 radical (unpaired) electrons. The lowest BCUT2D eigenvalue weighted by Crippen LogP contribution is -2.05. The number of hydrogen-bond donors (Lipinski definition) is 1. The van der Waals surface area contributed by atoms with E-state index in [2.05, 4.69) is 10.1 Å². The van der Waals surface area contributed by atoms with Gasteiger partial charge in [-0.2, -0.15) is 4.98 Å². The Morgan fingerprint density at radius 3 is 2.94 bits per heavy atom. The topological polar surface area (TPSA) is 68.4 Å². The van der Waals surface area contributed by atoms with E-state index in [0.29, 0.717) is 5.82 Å². The molecule has 0 bridgehead atoms. The first kappa shape index (κ1) is 10.3. The Kier molecular flexibility index (Phi) is 2.33. The van der Waals surface area contributed by atoms with Gasteiger partial charge in [-0.05, 0) is 18.6 Å². The number of hydrogen-bond acceptors (Lipinski definition) is 5. The van der Waals surface area contributed by atoms with Gasteiger partial charge in [-0.3, -0.25) is 0 Å². The fraction of sp³-hybridized carbons (Fsp3) is 0.333. The van der Waals surface area contributed by atoms with Gasteiger partial charge in [0, 0.05) is 6.42 Å². The smallest absolute Gasteiger partial charge is 0.255 e. The summed E-state index contributed by atoms with van der Waals surface area (Å²) in [5.41, 5.74) is 1.14. The van der Waals surface area contributed by atoms with Crippen LogP contribution in [0.3, 0.4) is 0 Å². The molecular formula is C12H12N2O3. The zero-order chi connectivity index (χ0) is 11.8. The predicted octanol–water partition coefficient (Wildman–Crippen LogP) is 1.80. The number of rotatable bonds is 2. The van der Waals surface area contributed by atoms with Gasteiger partial charge in [-0.25, -0.2) is 0 Å². The van der Waals surface area contributed by atoms with Gasteiger partial charge in [-0.15, -0.1) is 0 Å². The van der Waals surface area contributed by atoms with Crippen LogP contribution in [0.2, 0.25) is 0 Å². The molecule has 2 aromatic rings. The highest BCUT2D eigenvalue weighted by molar-refractivity contribution is 5.37. The molecule has 2 heterocycles. The number of benzene rings is 1. The average Bonchev–Trinajstić information content (AvgIpc) is 2.95. The van der Waals surface area contributed by atoms with Crippen LogP contribution in [-0.4, -0.2) is 15.2 Å². The minimum absolute atomic E-state index is 0.219. The van der Waals surface area contributed by atoms with Crippen molar-refractivity contribution in [2.75, 3.05) is 0 Å². The van der Waals surface area contributed by atoms with E-state index in [-0.39, 0.29) is 12.0 Å². The van der Waals surface area contributed by atoms with Crippen molar-refractivity contribution in [1.82, 2.24) is 10.1 Å². The number of aromatic nitrogens is 2. The van der Waals surface area contributed by atoms with Crippen molar-refractivity contribution in [3.05, 3.63) is 41.5 Å². The fourth-order valence-electron chi connectivity index (χ4n) is 1.87. The van der Waals surface area contributed by atoms with E-state index >= 15 is 0 Å². The Balaban J connectivity index is 1.84. The number of nitrogens with zero attached hydrogens (tertiary/aromatic N) is 2. The molecule has 1 unspecified atom stereocenters. The molecule has 1 aromatic heterocycles. The number of aliphatic hydroxyl groups is 1. The molecule has 17 heavy (non-hydrogen) atoms. The normalized spacial score (nSPS) is 19.8. The molecule has 1 N–H and O–H groups in total. The van der Waals surface area contributed by atoms with Gasteiger partial charge in [0.2, 0.25) is 5.82 Å². The second-order valence-corrected chi connectivity index (χ2v) is 4.09. The molecule has 0 spiro atoms. The molecule has 2 atom stereocenters. The summed E-state index contributed by atoms with van der Waals surface area (Å²) in [6, 6.07) is 7.84. The highest BCUT2D eigenvalue weighted by atomic mass is 16.5. The standard InChI is InChI=1S/C12H12N2O3/c1-7(15)12-13-11(14-17-12)10-6-8-4-2-3-5-9(8)16-10/h2-5,7,10,15H,6H2,1H3/t7-,10?/m0/s1. The average molecular weight is 232 g/mol. The van der Waals surface area contributed by atoms with Crippen LogP contribution in [0.25, 0.3) is 0 Å². The zero-order valence-electron chi connectivity index (χ0n) is 9.33. The van der Waals surface area contributed by atoms with Crippen molar-refractivity contribution in [1.29, 1.82) is 0 Å². The Labute approximate surface area is 98.0 Å². The monoisotopic (exact) mass is 232 g/mol. The highest BCUT2D eigenvalue weighted by Gasteiger charge is 2.28. The Morgan fingerprint density at radius 2 is 2.24 bits per heavy atom. The van der Waals surface area contributed by atoms with Crippen molar-refractivity contribution in [2.45, 2.75) is 25.6 Å². The first-order chi connectivity index (χ1) is 8.24. The minimum Gasteiger partial charge on any atom is -0.482 e. The molecule has 0 saturated heterocycles. The number of aliphatic hydroxyl groups excluding tert-OH is 1. The van der Waals surface area contributed by atoms with E-state index in [1.165, 1.54) is 0 Å².